The summed E-state index contributed by atoms with van der Waals surface area (Å²) in [4.78, 5) is 23.9. The van der Waals surface area contributed by atoms with Gasteiger partial charge in [0, 0.05) is 25.4 Å². The second-order valence-corrected chi connectivity index (χ2v) is 6.18. The number of nitrogens with zero attached hydrogens (tertiary/aromatic N) is 1. The number of hydrogen-bond donors (Lipinski definition) is 1. The number of carbonyl (C=O) groups excluding carboxylic acids is 1. The number of furan rings is 1. The number of rotatable bonds is 8. The molecule has 0 aliphatic rings. The van der Waals surface area contributed by atoms with Crippen LogP contribution in [0.5, 0.6) is 0 Å². The van der Waals surface area contributed by atoms with E-state index in [4.69, 9.17) is 8.83 Å². The standard InChI is InChI=1S/C19H22N2O4/c1-14(10-11-15-6-5-13-24-15)20-18(22)9-4-12-21-16-7-2-3-8-17(16)25-19(21)23/h2-3,5-8,13-14H,4,9-12H2,1H3,(H,20,22)/t14-/m1/s1. The molecule has 25 heavy (non-hydrogen) atoms. The Morgan fingerprint density at radius 3 is 2.88 bits per heavy atom. The first kappa shape index (κ1) is 17.1. The monoisotopic (exact) mass is 342 g/mol. The van der Waals surface area contributed by atoms with E-state index in [2.05, 4.69) is 5.32 Å². The third kappa shape index (κ3) is 4.41. The molecule has 0 unspecified atom stereocenters. The highest BCUT2D eigenvalue weighted by Gasteiger charge is 2.11. The lowest BCUT2D eigenvalue weighted by Crippen LogP contribution is -2.33. The first-order chi connectivity index (χ1) is 12.1. The number of benzene rings is 1. The molecule has 0 fully saturated rings. The maximum Gasteiger partial charge on any atom is 0.419 e. The smallest absolute Gasteiger partial charge is 0.419 e. The highest BCUT2D eigenvalue weighted by atomic mass is 16.4. The molecule has 2 aromatic heterocycles. The van der Waals surface area contributed by atoms with Gasteiger partial charge in [0.15, 0.2) is 5.58 Å². The maximum atomic E-state index is 12.0. The summed E-state index contributed by atoms with van der Waals surface area (Å²) in [5, 5.41) is 2.98. The summed E-state index contributed by atoms with van der Waals surface area (Å²) in [7, 11) is 0. The molecule has 132 valence electrons. The van der Waals surface area contributed by atoms with E-state index in [9.17, 15) is 9.59 Å². The Balaban J connectivity index is 1.44. The summed E-state index contributed by atoms with van der Waals surface area (Å²) in [6, 6.07) is 11.2. The largest absolute Gasteiger partial charge is 0.469 e. The molecule has 0 spiro atoms. The first-order valence-corrected chi connectivity index (χ1v) is 8.53. The quantitative estimate of drug-likeness (QED) is 0.682. The lowest BCUT2D eigenvalue weighted by atomic mass is 10.1. The van der Waals surface area contributed by atoms with Crippen molar-refractivity contribution in [3.05, 3.63) is 59.0 Å². The second kappa shape index (κ2) is 7.88. The summed E-state index contributed by atoms with van der Waals surface area (Å²) in [6.45, 7) is 2.44. The van der Waals surface area contributed by atoms with Crippen molar-refractivity contribution in [1.29, 1.82) is 0 Å². The number of fused-ring (bicyclic) bond motifs is 1. The number of aromatic nitrogens is 1. The van der Waals surface area contributed by atoms with Crippen molar-refractivity contribution < 1.29 is 13.6 Å². The van der Waals surface area contributed by atoms with Crippen LogP contribution in [0.2, 0.25) is 0 Å². The second-order valence-electron chi connectivity index (χ2n) is 6.18. The molecule has 2 heterocycles. The van der Waals surface area contributed by atoms with Crippen LogP contribution in [0.4, 0.5) is 0 Å². The van der Waals surface area contributed by atoms with Crippen LogP contribution in [0.25, 0.3) is 11.1 Å². The van der Waals surface area contributed by atoms with Crippen LogP contribution in [-0.2, 0) is 17.8 Å². The molecule has 3 rings (SSSR count). The van der Waals surface area contributed by atoms with E-state index in [-0.39, 0.29) is 17.7 Å². The van der Waals surface area contributed by atoms with Gasteiger partial charge in [-0.2, -0.15) is 0 Å². The van der Waals surface area contributed by atoms with Gasteiger partial charge in [-0.25, -0.2) is 4.79 Å². The van der Waals surface area contributed by atoms with Crippen LogP contribution in [-0.4, -0.2) is 16.5 Å². The van der Waals surface area contributed by atoms with Gasteiger partial charge in [-0.15, -0.1) is 0 Å². The molecule has 0 saturated heterocycles. The Hall–Kier alpha value is -2.76. The van der Waals surface area contributed by atoms with Gasteiger partial charge in [-0.3, -0.25) is 9.36 Å². The molecular formula is C19H22N2O4. The van der Waals surface area contributed by atoms with Gasteiger partial charge >= 0.3 is 5.76 Å². The molecule has 6 heteroatoms. The van der Waals surface area contributed by atoms with Crippen LogP contribution >= 0.6 is 0 Å². The average molecular weight is 342 g/mol. The Morgan fingerprint density at radius 1 is 1.24 bits per heavy atom. The van der Waals surface area contributed by atoms with E-state index in [1.165, 1.54) is 0 Å². The van der Waals surface area contributed by atoms with E-state index in [1.807, 2.05) is 37.3 Å². The Kier molecular flexibility index (Phi) is 5.38. The van der Waals surface area contributed by atoms with Crippen LogP contribution in [0.3, 0.4) is 0 Å². The van der Waals surface area contributed by atoms with E-state index < -0.39 is 0 Å². The third-order valence-corrected chi connectivity index (χ3v) is 4.17. The number of amides is 1. The summed E-state index contributed by atoms with van der Waals surface area (Å²) >= 11 is 0. The molecule has 1 N–H and O–H groups in total. The molecule has 3 aromatic rings. The molecule has 6 nitrogen and oxygen atoms in total. The maximum absolute atomic E-state index is 12.0. The van der Waals surface area contributed by atoms with Crippen molar-refractivity contribution in [3.8, 4) is 0 Å². The van der Waals surface area contributed by atoms with Gasteiger partial charge in [0.1, 0.15) is 5.76 Å². The predicted molar refractivity (Wildman–Crippen MR) is 94.3 cm³/mol. The fraction of sp³-hybridized carbons (Fsp3) is 0.368. The zero-order chi connectivity index (χ0) is 17.6. The average Bonchev–Trinajstić information content (AvgIpc) is 3.21. The van der Waals surface area contributed by atoms with Crippen LogP contribution in [0, 0.1) is 0 Å². The first-order valence-electron chi connectivity index (χ1n) is 8.53. The molecule has 0 aliphatic carbocycles. The highest BCUT2D eigenvalue weighted by molar-refractivity contribution is 5.76. The number of nitrogens with one attached hydrogen (secondary N) is 1. The van der Waals surface area contributed by atoms with E-state index >= 15 is 0 Å². The van der Waals surface area contributed by atoms with Crippen LogP contribution < -0.4 is 11.1 Å². The molecule has 1 aromatic carbocycles. The SMILES string of the molecule is C[C@H](CCc1ccco1)NC(=O)CCCn1c(=O)oc2ccccc21. The van der Waals surface area contributed by atoms with Crippen molar-refractivity contribution in [1.82, 2.24) is 9.88 Å². The lowest BCUT2D eigenvalue weighted by Gasteiger charge is -2.13. The van der Waals surface area contributed by atoms with E-state index in [0.29, 0.717) is 25.0 Å². The molecule has 0 aliphatic heterocycles. The summed E-state index contributed by atoms with van der Waals surface area (Å²) in [6.07, 6.45) is 4.23. The molecular weight excluding hydrogens is 320 g/mol. The van der Waals surface area contributed by atoms with Gasteiger partial charge in [0.25, 0.3) is 0 Å². The zero-order valence-corrected chi connectivity index (χ0v) is 14.2. The number of carbonyl (C=O) groups is 1. The van der Waals surface area contributed by atoms with Crippen molar-refractivity contribution >= 4 is 17.0 Å². The highest BCUT2D eigenvalue weighted by Crippen LogP contribution is 2.12. The lowest BCUT2D eigenvalue weighted by molar-refractivity contribution is -0.121. The Labute approximate surface area is 145 Å². The van der Waals surface area contributed by atoms with Gasteiger partial charge in [0.05, 0.1) is 11.8 Å². The summed E-state index contributed by atoms with van der Waals surface area (Å²) in [5.74, 6) is 0.536. The molecule has 0 saturated carbocycles. The number of aryl methyl sites for hydroxylation is 2. The minimum atomic E-state index is -0.381. The number of para-hydroxylation sites is 2. The van der Waals surface area contributed by atoms with Gasteiger partial charge in [-0.05, 0) is 44.0 Å². The van der Waals surface area contributed by atoms with Crippen LogP contribution in [0.15, 0.2) is 56.3 Å². The third-order valence-electron chi connectivity index (χ3n) is 4.17. The molecule has 0 radical (unpaired) electrons. The Bertz CT molecular complexity index is 876. The summed E-state index contributed by atoms with van der Waals surface area (Å²) in [5.41, 5.74) is 1.34. The van der Waals surface area contributed by atoms with Gasteiger partial charge < -0.3 is 14.2 Å². The van der Waals surface area contributed by atoms with Crippen molar-refractivity contribution in [2.75, 3.05) is 0 Å². The predicted octanol–water partition coefficient (Wildman–Crippen LogP) is 3.11. The minimum absolute atomic E-state index is 0.00667. The van der Waals surface area contributed by atoms with E-state index in [0.717, 1.165) is 24.1 Å². The summed E-state index contributed by atoms with van der Waals surface area (Å²) < 4.78 is 12.0. The fourth-order valence-electron chi connectivity index (χ4n) is 2.86. The van der Waals surface area contributed by atoms with Gasteiger partial charge in [-0.1, -0.05) is 12.1 Å². The minimum Gasteiger partial charge on any atom is -0.469 e. The van der Waals surface area contributed by atoms with Crippen molar-refractivity contribution in [3.63, 3.8) is 0 Å². The van der Waals surface area contributed by atoms with Crippen LogP contribution in [0.1, 0.15) is 31.9 Å². The molecule has 0 bridgehead atoms. The van der Waals surface area contributed by atoms with E-state index in [1.54, 1.807) is 16.9 Å². The molecule has 1 atom stereocenters. The topological polar surface area (TPSA) is 77.4 Å². The molecule has 1 amide bonds. The number of oxazole rings is 1. The normalized spacial score (nSPS) is 12.4. The fourth-order valence-corrected chi connectivity index (χ4v) is 2.86. The van der Waals surface area contributed by atoms with Gasteiger partial charge in [0.2, 0.25) is 5.91 Å². The zero-order valence-electron chi connectivity index (χ0n) is 14.2. The van der Waals surface area contributed by atoms with Crippen molar-refractivity contribution in [2.24, 2.45) is 0 Å². The number of hydrogen-bond acceptors (Lipinski definition) is 4. The van der Waals surface area contributed by atoms with Crippen molar-refractivity contribution in [2.45, 2.75) is 45.2 Å². The Morgan fingerprint density at radius 2 is 2.08 bits per heavy atom.